The van der Waals surface area contributed by atoms with E-state index >= 15 is 0 Å². The summed E-state index contributed by atoms with van der Waals surface area (Å²) in [4.78, 5) is 13.9. The van der Waals surface area contributed by atoms with Crippen molar-refractivity contribution in [2.75, 3.05) is 23.1 Å². The second kappa shape index (κ2) is 14.9. The molecule has 1 aliphatic heterocycles. The average Bonchev–Trinajstić information content (AvgIpc) is 3.55. The van der Waals surface area contributed by atoms with Gasteiger partial charge in [0.25, 0.3) is 5.91 Å². The Bertz CT molecular complexity index is 1510. The summed E-state index contributed by atoms with van der Waals surface area (Å²) in [5.74, 6) is 0.119. The van der Waals surface area contributed by atoms with E-state index in [2.05, 4.69) is 17.6 Å². The van der Waals surface area contributed by atoms with Gasteiger partial charge in [0.1, 0.15) is 0 Å². The molecule has 0 radical (unpaired) electrons. The van der Waals surface area contributed by atoms with Gasteiger partial charge in [-0.3, -0.25) is 9.10 Å². The van der Waals surface area contributed by atoms with E-state index in [4.69, 9.17) is 11.6 Å². The summed E-state index contributed by atoms with van der Waals surface area (Å²) >= 11 is 6.15. The van der Waals surface area contributed by atoms with Crippen LogP contribution in [0.1, 0.15) is 78.4 Å². The molecule has 1 saturated carbocycles. The number of halogens is 1. The van der Waals surface area contributed by atoms with Crippen molar-refractivity contribution >= 4 is 33.2 Å². The number of nitrogens with one attached hydrogen (secondary N) is 2. The van der Waals surface area contributed by atoms with E-state index in [1.165, 1.54) is 4.31 Å². The number of amides is 1. The summed E-state index contributed by atoms with van der Waals surface area (Å²) in [7, 11) is -3.43. The van der Waals surface area contributed by atoms with E-state index in [-0.39, 0.29) is 17.7 Å². The number of carbonyl (C=O) groups excluding carboxylic acids is 1. The second-order valence-corrected chi connectivity index (χ2v) is 14.8. The maximum atomic E-state index is 13.9. The molecule has 0 spiro atoms. The van der Waals surface area contributed by atoms with Gasteiger partial charge in [0.15, 0.2) is 0 Å². The fraction of sp³-hybridized carbons (Fsp3) is 0.457. The maximum absolute atomic E-state index is 13.9. The number of rotatable bonds is 12. The van der Waals surface area contributed by atoms with Crippen molar-refractivity contribution in [3.05, 3.63) is 100 Å². The number of anilines is 1. The minimum absolute atomic E-state index is 0.0772. The van der Waals surface area contributed by atoms with Crippen LogP contribution in [0.25, 0.3) is 0 Å². The molecule has 1 aliphatic carbocycles. The first-order valence-corrected chi connectivity index (χ1v) is 17.8. The SMILES string of the molecule is CC(Cc1cccc(Cl)c1)NC[C@@H](O)[C@H](Cc1ccccc1)NC(=O)c1cc(C2CCCC2)cc(N2CCCCS2(=O)=O)c1. The molecule has 0 aromatic heterocycles. The van der Waals surface area contributed by atoms with Crippen molar-refractivity contribution in [1.82, 2.24) is 10.6 Å². The molecular weight excluding hydrogens is 594 g/mol. The third-order valence-electron chi connectivity index (χ3n) is 8.85. The van der Waals surface area contributed by atoms with Gasteiger partial charge in [0.05, 0.1) is 23.6 Å². The van der Waals surface area contributed by atoms with Crippen molar-refractivity contribution in [2.24, 2.45) is 0 Å². The van der Waals surface area contributed by atoms with E-state index in [1.54, 1.807) is 6.07 Å². The average molecular weight is 638 g/mol. The zero-order chi connectivity index (χ0) is 31.1. The molecule has 1 saturated heterocycles. The predicted octanol–water partition coefficient (Wildman–Crippen LogP) is 5.85. The third kappa shape index (κ3) is 8.62. The van der Waals surface area contributed by atoms with Crippen molar-refractivity contribution in [3.63, 3.8) is 0 Å². The summed E-state index contributed by atoms with van der Waals surface area (Å²) < 4.78 is 27.5. The van der Waals surface area contributed by atoms with Gasteiger partial charge >= 0.3 is 0 Å². The molecular formula is C35H44ClN3O4S. The smallest absolute Gasteiger partial charge is 0.251 e. The Hall–Kier alpha value is -2.91. The molecule has 3 N–H and O–H groups in total. The summed E-state index contributed by atoms with van der Waals surface area (Å²) in [6.45, 7) is 2.77. The minimum Gasteiger partial charge on any atom is -0.390 e. The van der Waals surface area contributed by atoms with Crippen LogP contribution in [0, 0.1) is 0 Å². The van der Waals surface area contributed by atoms with Gasteiger partial charge in [-0.2, -0.15) is 0 Å². The number of nitrogens with zero attached hydrogens (tertiary/aromatic N) is 1. The zero-order valence-corrected chi connectivity index (χ0v) is 27.0. The first-order valence-electron chi connectivity index (χ1n) is 15.8. The molecule has 3 aromatic rings. The van der Waals surface area contributed by atoms with Gasteiger partial charge in [-0.05, 0) is 98.4 Å². The number of aliphatic hydroxyl groups excluding tert-OH is 1. The Morgan fingerprint density at radius 2 is 1.70 bits per heavy atom. The van der Waals surface area contributed by atoms with Crippen LogP contribution in [0.5, 0.6) is 0 Å². The second-order valence-electron chi connectivity index (χ2n) is 12.4. The number of hydrogen-bond donors (Lipinski definition) is 3. The van der Waals surface area contributed by atoms with E-state index in [9.17, 15) is 18.3 Å². The molecule has 2 aliphatic rings. The fourth-order valence-corrected chi connectivity index (χ4v) is 8.28. The van der Waals surface area contributed by atoms with Crippen LogP contribution in [-0.4, -0.2) is 56.5 Å². The van der Waals surface area contributed by atoms with Crippen LogP contribution in [0.3, 0.4) is 0 Å². The number of hydrogen-bond acceptors (Lipinski definition) is 5. The van der Waals surface area contributed by atoms with Crippen LogP contribution in [0.15, 0.2) is 72.8 Å². The number of benzene rings is 3. The molecule has 3 atom stereocenters. The Kier molecular flexibility index (Phi) is 11.0. The molecule has 3 aromatic carbocycles. The molecule has 236 valence electrons. The Morgan fingerprint density at radius 1 is 0.955 bits per heavy atom. The normalized spacial score (nSPS) is 18.9. The molecule has 2 fully saturated rings. The van der Waals surface area contributed by atoms with Gasteiger partial charge in [0, 0.05) is 29.7 Å². The monoisotopic (exact) mass is 637 g/mol. The van der Waals surface area contributed by atoms with Gasteiger partial charge in [-0.1, -0.05) is 66.9 Å². The van der Waals surface area contributed by atoms with Gasteiger partial charge in [-0.25, -0.2) is 8.42 Å². The van der Waals surface area contributed by atoms with E-state index in [1.807, 2.05) is 66.7 Å². The molecule has 5 rings (SSSR count). The van der Waals surface area contributed by atoms with E-state index in [0.29, 0.717) is 48.1 Å². The van der Waals surface area contributed by atoms with Gasteiger partial charge in [0.2, 0.25) is 10.0 Å². The Labute approximate surface area is 267 Å². The summed E-state index contributed by atoms with van der Waals surface area (Å²) in [5, 5.41) is 18.6. The molecule has 9 heteroatoms. The Morgan fingerprint density at radius 3 is 2.43 bits per heavy atom. The highest BCUT2D eigenvalue weighted by Crippen LogP contribution is 2.37. The highest BCUT2D eigenvalue weighted by atomic mass is 35.5. The first kappa shape index (κ1) is 32.5. The standard InChI is InChI=1S/C35H44ClN3O4S/c1-25(18-27-12-9-15-31(36)19-27)37-24-34(40)33(20-26-10-3-2-4-11-26)38-35(41)30-21-29(28-13-5-6-14-28)22-32(23-30)39-16-7-8-17-44(39,42)43/h2-4,9-12,15,19,21-23,25,28,33-34,37,40H,5-8,13-14,16-18,20,24H2,1H3,(H,38,41)/t25?,33-,34+/m0/s1. The van der Waals surface area contributed by atoms with Crippen LogP contribution >= 0.6 is 11.6 Å². The lowest BCUT2D eigenvalue weighted by atomic mass is 9.94. The maximum Gasteiger partial charge on any atom is 0.251 e. The van der Waals surface area contributed by atoms with Crippen LogP contribution in [0.2, 0.25) is 5.02 Å². The van der Waals surface area contributed by atoms with E-state index in [0.717, 1.165) is 55.2 Å². The fourth-order valence-electron chi connectivity index (χ4n) is 6.44. The van der Waals surface area contributed by atoms with Crippen molar-refractivity contribution in [2.45, 2.75) is 82.4 Å². The summed E-state index contributed by atoms with van der Waals surface area (Å²) in [6.07, 6.45) is 6.12. The van der Waals surface area contributed by atoms with Crippen LogP contribution in [-0.2, 0) is 22.9 Å². The molecule has 0 bridgehead atoms. The highest BCUT2D eigenvalue weighted by molar-refractivity contribution is 7.92. The molecule has 1 unspecified atom stereocenters. The molecule has 1 amide bonds. The Balaban J connectivity index is 1.35. The van der Waals surface area contributed by atoms with Crippen molar-refractivity contribution in [3.8, 4) is 0 Å². The summed E-state index contributed by atoms with van der Waals surface area (Å²) in [6, 6.07) is 22.7. The number of aliphatic hydroxyl groups is 1. The lowest BCUT2D eigenvalue weighted by Gasteiger charge is -2.30. The van der Waals surface area contributed by atoms with Crippen molar-refractivity contribution in [1.29, 1.82) is 0 Å². The molecule has 44 heavy (non-hydrogen) atoms. The highest BCUT2D eigenvalue weighted by Gasteiger charge is 2.29. The minimum atomic E-state index is -3.43. The third-order valence-corrected chi connectivity index (χ3v) is 11.0. The quantitative estimate of drug-likeness (QED) is 0.231. The number of carbonyl (C=O) groups is 1. The largest absolute Gasteiger partial charge is 0.390 e. The number of sulfonamides is 1. The van der Waals surface area contributed by atoms with E-state index < -0.39 is 22.2 Å². The summed E-state index contributed by atoms with van der Waals surface area (Å²) in [5.41, 5.74) is 4.12. The van der Waals surface area contributed by atoms with Crippen LogP contribution in [0.4, 0.5) is 5.69 Å². The molecule has 1 heterocycles. The predicted molar refractivity (Wildman–Crippen MR) is 178 cm³/mol. The zero-order valence-electron chi connectivity index (χ0n) is 25.4. The lowest BCUT2D eigenvalue weighted by molar-refractivity contribution is 0.0826. The topological polar surface area (TPSA) is 98.7 Å². The van der Waals surface area contributed by atoms with Crippen LogP contribution < -0.4 is 14.9 Å². The lowest BCUT2D eigenvalue weighted by Crippen LogP contribution is -2.50. The van der Waals surface area contributed by atoms with Gasteiger partial charge < -0.3 is 15.7 Å². The molecule has 7 nitrogen and oxygen atoms in total. The van der Waals surface area contributed by atoms with Crippen molar-refractivity contribution < 1.29 is 18.3 Å². The first-order chi connectivity index (χ1) is 21.2. The van der Waals surface area contributed by atoms with Gasteiger partial charge in [-0.15, -0.1) is 0 Å².